The summed E-state index contributed by atoms with van der Waals surface area (Å²) < 4.78 is 26.7. The van der Waals surface area contributed by atoms with Crippen molar-refractivity contribution in [1.29, 1.82) is 0 Å². The molecule has 0 saturated carbocycles. The summed E-state index contributed by atoms with van der Waals surface area (Å²) in [7, 11) is 1.93. The van der Waals surface area contributed by atoms with Crippen molar-refractivity contribution in [2.75, 3.05) is 13.6 Å². The third-order valence-electron chi connectivity index (χ3n) is 4.10. The Morgan fingerprint density at radius 2 is 1.88 bits per heavy atom. The molecule has 0 N–H and O–H groups in total. The third kappa shape index (κ3) is 4.72. The number of Topliss-reactive ketones (excluding diaryl/α,β-unsaturated/α-hetero) is 1. The van der Waals surface area contributed by atoms with E-state index in [0.29, 0.717) is 5.56 Å². The Labute approximate surface area is 147 Å². The van der Waals surface area contributed by atoms with Gasteiger partial charge in [0.15, 0.2) is 5.78 Å². The maximum Gasteiger partial charge on any atom is 0.167 e. The molecule has 0 amide bonds. The fourth-order valence-corrected chi connectivity index (χ4v) is 2.42. The maximum atomic E-state index is 13.8. The summed E-state index contributed by atoms with van der Waals surface area (Å²) in [6.45, 7) is 6.59. The number of halogens is 2. The molecule has 5 heteroatoms. The topological polar surface area (TPSA) is 32.7 Å². The number of nitrogens with zero attached hydrogens (tertiary/aromatic N) is 2. The zero-order valence-corrected chi connectivity index (χ0v) is 14.9. The van der Waals surface area contributed by atoms with Gasteiger partial charge in [0.1, 0.15) is 11.6 Å². The molecule has 0 atom stereocenters. The Hall–Kier alpha value is -2.56. The molecule has 0 spiro atoms. The molecule has 2 rings (SSSR count). The number of carbonyl (C=O) groups excluding carboxylic acids is 1. The molecule has 0 aliphatic heterocycles. The van der Waals surface area contributed by atoms with Gasteiger partial charge in [-0.05, 0) is 55.7 Å². The van der Waals surface area contributed by atoms with Gasteiger partial charge in [0.05, 0.1) is 12.0 Å². The molecule has 0 saturated heterocycles. The van der Waals surface area contributed by atoms with Crippen LogP contribution in [0.5, 0.6) is 0 Å². The lowest BCUT2D eigenvalue weighted by molar-refractivity contribution is 0.0991. The van der Waals surface area contributed by atoms with Gasteiger partial charge in [-0.15, -0.1) is 0 Å². The van der Waals surface area contributed by atoms with Crippen LogP contribution < -0.4 is 0 Å². The first-order chi connectivity index (χ1) is 11.8. The van der Waals surface area contributed by atoms with Gasteiger partial charge in [-0.25, -0.2) is 13.8 Å². The van der Waals surface area contributed by atoms with E-state index in [-0.39, 0.29) is 17.8 Å². The molecule has 0 aliphatic carbocycles. The van der Waals surface area contributed by atoms with E-state index < -0.39 is 11.6 Å². The highest BCUT2D eigenvalue weighted by atomic mass is 19.1. The zero-order chi connectivity index (χ0) is 18.6. The Balaban J connectivity index is 2.25. The molecule has 0 bridgehead atoms. The Morgan fingerprint density at radius 3 is 2.52 bits per heavy atom. The van der Waals surface area contributed by atoms with Crippen LogP contribution in [-0.2, 0) is 6.42 Å². The van der Waals surface area contributed by atoms with Crippen molar-refractivity contribution in [2.45, 2.75) is 27.2 Å². The predicted molar refractivity (Wildman–Crippen MR) is 96.8 cm³/mol. The van der Waals surface area contributed by atoms with Crippen LogP contribution in [0, 0.1) is 25.5 Å². The molecule has 132 valence electrons. The molecule has 2 aromatic carbocycles. The van der Waals surface area contributed by atoms with E-state index in [9.17, 15) is 13.6 Å². The van der Waals surface area contributed by atoms with E-state index in [1.54, 1.807) is 12.4 Å². The van der Waals surface area contributed by atoms with Crippen molar-refractivity contribution < 1.29 is 13.6 Å². The number of rotatable bonds is 6. The highest BCUT2D eigenvalue weighted by Gasteiger charge is 2.15. The van der Waals surface area contributed by atoms with Crippen LogP contribution in [0.3, 0.4) is 0 Å². The molecule has 0 heterocycles. The van der Waals surface area contributed by atoms with Gasteiger partial charge < -0.3 is 4.90 Å². The van der Waals surface area contributed by atoms with Gasteiger partial charge in [-0.1, -0.05) is 6.07 Å². The molecule has 0 unspecified atom stereocenters. The highest BCUT2D eigenvalue weighted by molar-refractivity contribution is 5.99. The Bertz CT molecular complexity index is 816. The standard InChI is InChI=1S/C20H22F2N2O/c1-5-24(4)12-23-19-9-13(2)17(8-14(19)3)20(25)10-15-6-7-16(21)11-18(15)22/h6-9,11-12H,5,10H2,1-4H3. The Morgan fingerprint density at radius 1 is 1.16 bits per heavy atom. The average Bonchev–Trinajstić information content (AvgIpc) is 2.57. The van der Waals surface area contributed by atoms with Gasteiger partial charge in [0.25, 0.3) is 0 Å². The van der Waals surface area contributed by atoms with E-state index in [4.69, 9.17) is 0 Å². The normalized spacial score (nSPS) is 11.1. The van der Waals surface area contributed by atoms with Crippen molar-refractivity contribution in [3.05, 3.63) is 64.2 Å². The molecule has 3 nitrogen and oxygen atoms in total. The molecule has 2 aromatic rings. The monoisotopic (exact) mass is 344 g/mol. The first kappa shape index (κ1) is 18.8. The number of hydrogen-bond acceptors (Lipinski definition) is 2. The predicted octanol–water partition coefficient (Wildman–Crippen LogP) is 4.62. The van der Waals surface area contributed by atoms with Gasteiger partial charge in [0.2, 0.25) is 0 Å². The smallest absolute Gasteiger partial charge is 0.167 e. The van der Waals surface area contributed by atoms with E-state index in [1.165, 1.54) is 6.07 Å². The fourth-order valence-electron chi connectivity index (χ4n) is 2.42. The minimum Gasteiger partial charge on any atom is -0.366 e. The summed E-state index contributed by atoms with van der Waals surface area (Å²) in [6, 6.07) is 6.89. The van der Waals surface area contributed by atoms with Crippen LogP contribution >= 0.6 is 0 Å². The molecule has 0 fully saturated rings. The largest absolute Gasteiger partial charge is 0.366 e. The summed E-state index contributed by atoms with van der Waals surface area (Å²) >= 11 is 0. The summed E-state index contributed by atoms with van der Waals surface area (Å²) in [5.41, 5.74) is 3.17. The number of aryl methyl sites for hydroxylation is 2. The third-order valence-corrected chi connectivity index (χ3v) is 4.10. The van der Waals surface area contributed by atoms with Gasteiger partial charge in [0, 0.05) is 31.6 Å². The number of aliphatic imine (C=N–C) groups is 1. The van der Waals surface area contributed by atoms with Crippen molar-refractivity contribution in [3.8, 4) is 0 Å². The van der Waals surface area contributed by atoms with Crippen LogP contribution in [0.1, 0.15) is 34.0 Å². The van der Waals surface area contributed by atoms with E-state index in [0.717, 1.165) is 35.5 Å². The summed E-state index contributed by atoms with van der Waals surface area (Å²) in [6.07, 6.45) is 1.64. The van der Waals surface area contributed by atoms with Crippen molar-refractivity contribution in [3.63, 3.8) is 0 Å². The second kappa shape index (κ2) is 8.01. The van der Waals surface area contributed by atoms with E-state index in [1.807, 2.05) is 38.8 Å². The first-order valence-electron chi connectivity index (χ1n) is 8.14. The van der Waals surface area contributed by atoms with Crippen LogP contribution in [0.4, 0.5) is 14.5 Å². The second-order valence-corrected chi connectivity index (χ2v) is 6.11. The fraction of sp³-hybridized carbons (Fsp3) is 0.300. The van der Waals surface area contributed by atoms with Gasteiger partial charge in [-0.3, -0.25) is 4.79 Å². The minimum absolute atomic E-state index is 0.104. The lowest BCUT2D eigenvalue weighted by Crippen LogP contribution is -2.14. The molecular formula is C20H22F2N2O. The quantitative estimate of drug-likeness (QED) is 0.435. The summed E-state index contributed by atoms with van der Waals surface area (Å²) in [5.74, 6) is -1.56. The van der Waals surface area contributed by atoms with E-state index in [2.05, 4.69) is 4.99 Å². The number of hydrogen-bond donors (Lipinski definition) is 0. The van der Waals surface area contributed by atoms with Crippen LogP contribution in [-0.4, -0.2) is 30.6 Å². The molecule has 0 aliphatic rings. The molecule has 0 radical (unpaired) electrons. The minimum atomic E-state index is -0.702. The summed E-state index contributed by atoms with van der Waals surface area (Å²) in [4.78, 5) is 18.9. The molecule has 25 heavy (non-hydrogen) atoms. The molecule has 0 aromatic heterocycles. The van der Waals surface area contributed by atoms with Crippen LogP contribution in [0.25, 0.3) is 0 Å². The zero-order valence-electron chi connectivity index (χ0n) is 14.9. The lowest BCUT2D eigenvalue weighted by Gasteiger charge is -2.11. The van der Waals surface area contributed by atoms with Crippen molar-refractivity contribution >= 4 is 17.8 Å². The number of carbonyl (C=O) groups is 1. The van der Waals surface area contributed by atoms with Gasteiger partial charge >= 0.3 is 0 Å². The maximum absolute atomic E-state index is 13.8. The summed E-state index contributed by atoms with van der Waals surface area (Å²) in [5, 5.41) is 0. The number of benzene rings is 2. The second-order valence-electron chi connectivity index (χ2n) is 6.11. The van der Waals surface area contributed by atoms with Gasteiger partial charge in [-0.2, -0.15) is 0 Å². The molecular weight excluding hydrogens is 322 g/mol. The van der Waals surface area contributed by atoms with E-state index >= 15 is 0 Å². The van der Waals surface area contributed by atoms with Crippen LogP contribution in [0.15, 0.2) is 35.3 Å². The first-order valence-corrected chi connectivity index (χ1v) is 8.14. The van der Waals surface area contributed by atoms with Crippen molar-refractivity contribution in [2.24, 2.45) is 4.99 Å². The highest BCUT2D eigenvalue weighted by Crippen LogP contribution is 2.24. The SMILES string of the molecule is CCN(C)C=Nc1cc(C)c(C(=O)Cc2ccc(F)cc2F)cc1C. The van der Waals surface area contributed by atoms with Crippen LogP contribution in [0.2, 0.25) is 0 Å². The Kier molecular flexibility index (Phi) is 6.02. The average molecular weight is 344 g/mol. The van der Waals surface area contributed by atoms with Crippen molar-refractivity contribution in [1.82, 2.24) is 4.90 Å². The lowest BCUT2D eigenvalue weighted by atomic mass is 9.96. The number of ketones is 1.